The number of aromatic carboxylic acids is 1. The second kappa shape index (κ2) is 11.8. The van der Waals surface area contributed by atoms with E-state index < -0.39 is 5.97 Å². The van der Waals surface area contributed by atoms with Gasteiger partial charge in [0.05, 0.1) is 35.9 Å². The van der Waals surface area contributed by atoms with Crippen LogP contribution in [0.4, 0.5) is 15.8 Å². The molecule has 2 saturated heterocycles. The largest absolute Gasteiger partial charge is 0.478 e. The summed E-state index contributed by atoms with van der Waals surface area (Å²) in [4.78, 5) is 23.5. The molecule has 1 aromatic heterocycles. The van der Waals surface area contributed by atoms with Crippen LogP contribution in [0.15, 0.2) is 54.6 Å². The molecule has 10 heteroatoms. The molecule has 4 heterocycles. The molecule has 2 aromatic carbocycles. The van der Waals surface area contributed by atoms with Gasteiger partial charge in [-0.2, -0.15) is 0 Å². The first-order valence-electron chi connectivity index (χ1n) is 14.1. The molecule has 8 nitrogen and oxygen atoms in total. The third kappa shape index (κ3) is 5.98. The van der Waals surface area contributed by atoms with Crippen LogP contribution < -0.4 is 14.5 Å². The molecule has 0 radical (unpaired) electrons. The van der Waals surface area contributed by atoms with Crippen LogP contribution in [0, 0.1) is 5.82 Å². The number of carboxylic acid groups (broad SMARTS) is 1. The van der Waals surface area contributed by atoms with E-state index in [1.807, 2.05) is 18.2 Å². The van der Waals surface area contributed by atoms with Gasteiger partial charge in [-0.1, -0.05) is 17.7 Å². The summed E-state index contributed by atoms with van der Waals surface area (Å²) in [5.74, 6) is -0.487. The molecule has 216 valence electrons. The van der Waals surface area contributed by atoms with Gasteiger partial charge in [0, 0.05) is 54.5 Å². The minimum absolute atomic E-state index is 0.0635. The SMILES string of the molecule is C[C@@H](N1CCC(c2cccc(OCc3cc(Cl)ccc3F)n2)CC1)N1CN(CC2CCO2)c2cc(C(=O)O)ccc21. The molecule has 2 atom stereocenters. The van der Waals surface area contributed by atoms with E-state index in [1.54, 1.807) is 24.3 Å². The van der Waals surface area contributed by atoms with Gasteiger partial charge in [-0.15, -0.1) is 0 Å². The maximum Gasteiger partial charge on any atom is 0.335 e. The van der Waals surface area contributed by atoms with Crippen molar-refractivity contribution >= 4 is 28.9 Å². The Morgan fingerprint density at radius 2 is 1.95 bits per heavy atom. The number of carbonyl (C=O) groups is 1. The highest BCUT2D eigenvalue weighted by Crippen LogP contribution is 2.40. The van der Waals surface area contributed by atoms with E-state index in [4.69, 9.17) is 26.1 Å². The topological polar surface area (TPSA) is 78.4 Å². The smallest absolute Gasteiger partial charge is 0.335 e. The van der Waals surface area contributed by atoms with Crippen LogP contribution in [0.5, 0.6) is 5.88 Å². The highest BCUT2D eigenvalue weighted by Gasteiger charge is 2.36. The van der Waals surface area contributed by atoms with Gasteiger partial charge in [0.2, 0.25) is 5.88 Å². The van der Waals surface area contributed by atoms with Crippen LogP contribution in [0.25, 0.3) is 0 Å². The molecule has 6 rings (SSSR count). The lowest BCUT2D eigenvalue weighted by Crippen LogP contribution is -2.51. The van der Waals surface area contributed by atoms with E-state index in [0.29, 0.717) is 34.6 Å². The Balaban J connectivity index is 1.09. The van der Waals surface area contributed by atoms with Crippen LogP contribution in [0.1, 0.15) is 53.7 Å². The molecule has 0 saturated carbocycles. The molecule has 3 aliphatic rings. The van der Waals surface area contributed by atoms with Gasteiger partial charge in [0.1, 0.15) is 12.4 Å². The maximum atomic E-state index is 14.1. The number of benzene rings is 2. The molecule has 1 unspecified atom stereocenters. The van der Waals surface area contributed by atoms with Crippen molar-refractivity contribution in [3.05, 3.63) is 82.3 Å². The summed E-state index contributed by atoms with van der Waals surface area (Å²) in [7, 11) is 0. The van der Waals surface area contributed by atoms with Gasteiger partial charge in [-0.05, 0) is 68.7 Å². The number of carboxylic acids is 1. The van der Waals surface area contributed by atoms with Crippen molar-refractivity contribution in [3.8, 4) is 5.88 Å². The molecule has 3 aromatic rings. The number of likely N-dealkylation sites (tertiary alicyclic amines) is 1. The van der Waals surface area contributed by atoms with Crippen LogP contribution >= 0.6 is 11.6 Å². The lowest BCUT2D eigenvalue weighted by molar-refractivity contribution is -0.0444. The molecular formula is C31H34ClFN4O4. The third-order valence-electron chi connectivity index (χ3n) is 8.47. The molecule has 41 heavy (non-hydrogen) atoms. The van der Waals surface area contributed by atoms with Gasteiger partial charge in [-0.25, -0.2) is 14.2 Å². The molecule has 1 N–H and O–H groups in total. The molecule has 3 aliphatic heterocycles. The zero-order chi connectivity index (χ0) is 28.5. The van der Waals surface area contributed by atoms with Gasteiger partial charge in [-0.3, -0.25) is 4.90 Å². The van der Waals surface area contributed by atoms with E-state index in [9.17, 15) is 14.3 Å². The van der Waals surface area contributed by atoms with Crippen molar-refractivity contribution in [3.63, 3.8) is 0 Å². The standard InChI is InChI=1S/C31H34ClFN4O4/c1-20(37-19-36(17-25-11-14-40-25)29-16-22(31(38)39)5-8-28(29)37)35-12-9-21(10-13-35)27-3-2-4-30(34-27)41-18-23-15-24(32)6-7-26(23)33/h2-8,15-16,20-21,25H,9-14,17-19H2,1H3,(H,38,39)/t20-,25?/m0/s1. The van der Waals surface area contributed by atoms with E-state index in [1.165, 1.54) is 12.1 Å². The summed E-state index contributed by atoms with van der Waals surface area (Å²) in [5.41, 5.74) is 3.71. The Kier molecular flexibility index (Phi) is 8.01. The fourth-order valence-electron chi connectivity index (χ4n) is 5.95. The third-order valence-corrected chi connectivity index (χ3v) is 8.70. The number of pyridine rings is 1. The van der Waals surface area contributed by atoms with Crippen LogP contribution in [0.3, 0.4) is 0 Å². The van der Waals surface area contributed by atoms with E-state index in [-0.39, 0.29) is 24.7 Å². The van der Waals surface area contributed by atoms with E-state index in [0.717, 1.165) is 62.6 Å². The number of rotatable bonds is 9. The first kappa shape index (κ1) is 27.8. The minimum Gasteiger partial charge on any atom is -0.478 e. The first-order chi connectivity index (χ1) is 19.9. The quantitative estimate of drug-likeness (QED) is 0.343. The second-order valence-electron chi connectivity index (χ2n) is 11.0. The van der Waals surface area contributed by atoms with Crippen molar-refractivity contribution in [2.75, 3.05) is 42.7 Å². The van der Waals surface area contributed by atoms with Crippen molar-refractivity contribution in [1.29, 1.82) is 0 Å². The molecule has 0 bridgehead atoms. The normalized spacial score (nSPS) is 20.0. The number of hydrogen-bond donors (Lipinski definition) is 1. The molecular weight excluding hydrogens is 547 g/mol. The minimum atomic E-state index is -0.916. The lowest BCUT2D eigenvalue weighted by atomic mass is 9.92. The average Bonchev–Trinajstić information content (AvgIpc) is 3.33. The molecule has 2 fully saturated rings. The summed E-state index contributed by atoms with van der Waals surface area (Å²) < 4.78 is 25.6. The van der Waals surface area contributed by atoms with Crippen LogP contribution in [-0.4, -0.2) is 66.1 Å². The van der Waals surface area contributed by atoms with Crippen LogP contribution in [0.2, 0.25) is 5.02 Å². The fraction of sp³-hybridized carbons (Fsp3) is 0.419. The van der Waals surface area contributed by atoms with Crippen molar-refractivity contribution < 1.29 is 23.8 Å². The zero-order valence-corrected chi connectivity index (χ0v) is 23.8. The maximum absolute atomic E-state index is 14.1. The van der Waals surface area contributed by atoms with Gasteiger partial charge in [0.15, 0.2) is 0 Å². The Labute approximate surface area is 244 Å². The first-order valence-corrected chi connectivity index (χ1v) is 14.5. The predicted molar refractivity (Wildman–Crippen MR) is 155 cm³/mol. The Hall–Kier alpha value is -3.40. The summed E-state index contributed by atoms with van der Waals surface area (Å²) in [5, 5.41) is 10.0. The molecule has 0 amide bonds. The Morgan fingerprint density at radius 3 is 2.68 bits per heavy atom. The summed E-state index contributed by atoms with van der Waals surface area (Å²) in [6, 6.07) is 15.6. The van der Waals surface area contributed by atoms with Gasteiger partial charge in [0.25, 0.3) is 0 Å². The van der Waals surface area contributed by atoms with Crippen molar-refractivity contribution in [2.24, 2.45) is 0 Å². The number of anilines is 2. The monoisotopic (exact) mass is 580 g/mol. The number of piperidine rings is 1. The predicted octanol–water partition coefficient (Wildman–Crippen LogP) is 5.75. The summed E-state index contributed by atoms with van der Waals surface area (Å²) >= 11 is 6.01. The van der Waals surface area contributed by atoms with Gasteiger partial charge < -0.3 is 24.4 Å². The zero-order valence-electron chi connectivity index (χ0n) is 23.0. The Morgan fingerprint density at radius 1 is 1.15 bits per heavy atom. The summed E-state index contributed by atoms with van der Waals surface area (Å²) in [6.45, 7) is 6.37. The lowest BCUT2D eigenvalue weighted by Gasteiger charge is -2.41. The number of nitrogens with zero attached hydrogens (tertiary/aromatic N) is 4. The van der Waals surface area contributed by atoms with E-state index >= 15 is 0 Å². The summed E-state index contributed by atoms with van der Waals surface area (Å²) in [6.07, 6.45) is 3.29. The molecule has 0 spiro atoms. The molecule has 0 aliphatic carbocycles. The van der Waals surface area contributed by atoms with Crippen LogP contribution in [-0.2, 0) is 11.3 Å². The Bertz CT molecular complexity index is 1410. The highest BCUT2D eigenvalue weighted by atomic mass is 35.5. The highest BCUT2D eigenvalue weighted by molar-refractivity contribution is 6.30. The number of ether oxygens (including phenoxy) is 2. The van der Waals surface area contributed by atoms with Gasteiger partial charge >= 0.3 is 5.97 Å². The number of halogens is 2. The fourth-order valence-corrected chi connectivity index (χ4v) is 6.14. The van der Waals surface area contributed by atoms with Crippen molar-refractivity contribution in [2.45, 2.75) is 51.0 Å². The van der Waals surface area contributed by atoms with Crippen molar-refractivity contribution in [1.82, 2.24) is 9.88 Å². The number of fused-ring (bicyclic) bond motifs is 1. The number of hydrogen-bond acceptors (Lipinski definition) is 7. The average molecular weight is 581 g/mol. The van der Waals surface area contributed by atoms with E-state index in [2.05, 4.69) is 21.6 Å². The number of aromatic nitrogens is 1. The second-order valence-corrected chi connectivity index (χ2v) is 11.4.